The lowest BCUT2D eigenvalue weighted by molar-refractivity contribution is -0.137. The molecule has 2 amide bonds. The SMILES string of the molecule is CC(SC(=O)C(Cc1cncn1C)NC(=O)CCN)C(=O)NCC(=O)O. The van der Waals surface area contributed by atoms with Crippen molar-refractivity contribution in [3.63, 3.8) is 0 Å². The molecule has 0 aliphatic rings. The second-order valence-corrected chi connectivity index (χ2v) is 6.89. The molecule has 0 radical (unpaired) electrons. The minimum atomic E-state index is -1.18. The van der Waals surface area contributed by atoms with Crippen molar-refractivity contribution in [1.82, 2.24) is 20.2 Å². The number of carbonyl (C=O) groups is 4. The minimum Gasteiger partial charge on any atom is -0.480 e. The Kier molecular flexibility index (Phi) is 8.79. The molecule has 1 aromatic rings. The molecule has 2 unspecified atom stereocenters. The van der Waals surface area contributed by atoms with Crippen molar-refractivity contribution < 1.29 is 24.3 Å². The normalized spacial score (nSPS) is 12.9. The molecule has 0 bridgehead atoms. The molecular weight excluding hydrogens is 362 g/mol. The van der Waals surface area contributed by atoms with Crippen molar-refractivity contribution in [1.29, 1.82) is 0 Å². The van der Waals surface area contributed by atoms with E-state index in [1.54, 1.807) is 24.1 Å². The van der Waals surface area contributed by atoms with Gasteiger partial charge in [-0.1, -0.05) is 11.8 Å². The van der Waals surface area contributed by atoms with Crippen molar-refractivity contribution in [3.8, 4) is 0 Å². The number of aliphatic carboxylic acids is 1. The molecule has 10 nitrogen and oxygen atoms in total. The van der Waals surface area contributed by atoms with Crippen molar-refractivity contribution in [2.24, 2.45) is 12.8 Å². The van der Waals surface area contributed by atoms with E-state index in [4.69, 9.17) is 10.8 Å². The maximum Gasteiger partial charge on any atom is 0.322 e. The van der Waals surface area contributed by atoms with Gasteiger partial charge in [-0.15, -0.1) is 0 Å². The molecule has 0 spiro atoms. The number of aromatic nitrogens is 2. The number of imidazole rings is 1. The number of carbonyl (C=O) groups excluding carboxylic acids is 3. The van der Waals surface area contributed by atoms with Crippen molar-refractivity contribution in [3.05, 3.63) is 18.2 Å². The minimum absolute atomic E-state index is 0.0779. The van der Waals surface area contributed by atoms with Gasteiger partial charge in [-0.25, -0.2) is 4.98 Å². The lowest BCUT2D eigenvalue weighted by Crippen LogP contribution is -2.43. The van der Waals surface area contributed by atoms with E-state index in [9.17, 15) is 19.2 Å². The van der Waals surface area contributed by atoms with Crippen molar-refractivity contribution in [2.75, 3.05) is 13.1 Å². The molecule has 26 heavy (non-hydrogen) atoms. The molecule has 0 aromatic carbocycles. The summed E-state index contributed by atoms with van der Waals surface area (Å²) in [6, 6.07) is -0.857. The van der Waals surface area contributed by atoms with E-state index >= 15 is 0 Å². The monoisotopic (exact) mass is 385 g/mol. The molecule has 0 saturated heterocycles. The first-order valence-electron chi connectivity index (χ1n) is 7.89. The van der Waals surface area contributed by atoms with Gasteiger partial charge >= 0.3 is 5.97 Å². The van der Waals surface area contributed by atoms with Crippen LogP contribution in [0.3, 0.4) is 0 Å². The predicted octanol–water partition coefficient (Wildman–Crippen LogP) is -1.35. The van der Waals surface area contributed by atoms with E-state index in [2.05, 4.69) is 15.6 Å². The molecule has 0 fully saturated rings. The highest BCUT2D eigenvalue weighted by Crippen LogP contribution is 2.17. The number of hydrogen-bond donors (Lipinski definition) is 4. The number of carboxylic acid groups (broad SMARTS) is 1. The van der Waals surface area contributed by atoms with Gasteiger partial charge in [-0.05, 0) is 6.92 Å². The van der Waals surface area contributed by atoms with Crippen LogP contribution < -0.4 is 16.4 Å². The Hall–Kier alpha value is -2.40. The number of nitrogens with two attached hydrogens (primary N) is 1. The Morgan fingerprint density at radius 3 is 2.62 bits per heavy atom. The molecule has 11 heteroatoms. The van der Waals surface area contributed by atoms with Crippen molar-refractivity contribution >= 4 is 34.7 Å². The number of hydrogen-bond acceptors (Lipinski definition) is 7. The molecule has 5 N–H and O–H groups in total. The number of aryl methyl sites for hydroxylation is 1. The van der Waals surface area contributed by atoms with Crippen LogP contribution in [-0.2, 0) is 32.6 Å². The molecule has 0 aliphatic heterocycles. The maximum absolute atomic E-state index is 12.6. The Labute approximate surface area is 154 Å². The summed E-state index contributed by atoms with van der Waals surface area (Å²) in [5.74, 6) is -2.11. The summed E-state index contributed by atoms with van der Waals surface area (Å²) >= 11 is 0.736. The number of rotatable bonds is 10. The summed E-state index contributed by atoms with van der Waals surface area (Å²) in [6.45, 7) is 1.12. The zero-order valence-corrected chi connectivity index (χ0v) is 15.4. The largest absolute Gasteiger partial charge is 0.480 e. The van der Waals surface area contributed by atoms with Gasteiger partial charge in [0.15, 0.2) is 0 Å². The third-order valence-electron chi connectivity index (χ3n) is 3.40. The summed E-state index contributed by atoms with van der Waals surface area (Å²) in [5.41, 5.74) is 6.09. The lowest BCUT2D eigenvalue weighted by Gasteiger charge is -2.19. The first-order chi connectivity index (χ1) is 12.2. The summed E-state index contributed by atoms with van der Waals surface area (Å²) in [4.78, 5) is 50.7. The van der Waals surface area contributed by atoms with Crippen LogP contribution in [0.2, 0.25) is 0 Å². The smallest absolute Gasteiger partial charge is 0.322 e. The van der Waals surface area contributed by atoms with Crippen LogP contribution in [0.5, 0.6) is 0 Å². The average Bonchev–Trinajstić information content (AvgIpc) is 2.96. The Bertz CT molecular complexity index is 663. The van der Waals surface area contributed by atoms with Gasteiger partial charge in [-0.2, -0.15) is 0 Å². The molecule has 0 aliphatic carbocycles. The number of amides is 2. The van der Waals surface area contributed by atoms with Gasteiger partial charge in [-0.3, -0.25) is 19.2 Å². The van der Waals surface area contributed by atoms with E-state index in [0.29, 0.717) is 0 Å². The second-order valence-electron chi connectivity index (χ2n) is 5.55. The fourth-order valence-electron chi connectivity index (χ4n) is 2.00. The standard InChI is InChI=1S/C15H23N5O5S/c1-9(14(24)18-7-13(22)23)26-15(25)11(19-12(21)3-4-16)5-10-6-17-8-20(10)2/h6,8-9,11H,3-5,7,16H2,1-2H3,(H,18,24)(H,19,21)(H,22,23). The number of nitrogens with zero attached hydrogens (tertiary/aromatic N) is 2. The third-order valence-corrected chi connectivity index (χ3v) is 4.48. The molecule has 1 aromatic heterocycles. The zero-order chi connectivity index (χ0) is 19.7. The maximum atomic E-state index is 12.6. The Morgan fingerprint density at radius 2 is 2.08 bits per heavy atom. The molecule has 144 valence electrons. The molecule has 1 heterocycles. The molecular formula is C15H23N5O5S. The van der Waals surface area contributed by atoms with E-state index in [-0.39, 0.29) is 25.3 Å². The van der Waals surface area contributed by atoms with Crippen LogP contribution in [0.4, 0.5) is 0 Å². The van der Waals surface area contributed by atoms with E-state index in [1.807, 2.05) is 0 Å². The van der Waals surface area contributed by atoms with Gasteiger partial charge < -0.3 is 26.0 Å². The van der Waals surface area contributed by atoms with Crippen molar-refractivity contribution in [2.45, 2.75) is 31.1 Å². The topological polar surface area (TPSA) is 156 Å². The third kappa shape index (κ3) is 7.23. The van der Waals surface area contributed by atoms with Crippen LogP contribution in [0.1, 0.15) is 19.0 Å². The molecule has 1 rings (SSSR count). The van der Waals surface area contributed by atoms with Crippen LogP contribution in [0.15, 0.2) is 12.5 Å². The highest BCUT2D eigenvalue weighted by Gasteiger charge is 2.27. The zero-order valence-electron chi connectivity index (χ0n) is 14.6. The fraction of sp³-hybridized carbons (Fsp3) is 0.533. The van der Waals surface area contributed by atoms with Crippen LogP contribution in [0, 0.1) is 0 Å². The number of carboxylic acids is 1. The van der Waals surface area contributed by atoms with Gasteiger partial charge in [0, 0.05) is 38.3 Å². The van der Waals surface area contributed by atoms with Crippen LogP contribution in [-0.4, -0.2) is 61.9 Å². The first kappa shape index (κ1) is 21.6. The van der Waals surface area contributed by atoms with E-state index in [1.165, 1.54) is 6.92 Å². The number of thioether (sulfide) groups is 1. The van der Waals surface area contributed by atoms with Crippen LogP contribution in [0.25, 0.3) is 0 Å². The summed E-state index contributed by atoms with van der Waals surface area (Å²) in [7, 11) is 1.76. The first-order valence-corrected chi connectivity index (χ1v) is 8.77. The Balaban J connectivity index is 2.76. The predicted molar refractivity (Wildman–Crippen MR) is 95.2 cm³/mol. The average molecular weight is 385 g/mol. The highest BCUT2D eigenvalue weighted by molar-refractivity contribution is 8.14. The quantitative estimate of drug-likeness (QED) is 0.385. The fourth-order valence-corrected chi connectivity index (χ4v) is 2.84. The van der Waals surface area contributed by atoms with Crippen LogP contribution >= 0.6 is 11.8 Å². The Morgan fingerprint density at radius 1 is 1.38 bits per heavy atom. The summed E-state index contributed by atoms with van der Waals surface area (Å²) < 4.78 is 1.73. The molecule has 2 atom stereocenters. The molecule has 0 saturated carbocycles. The summed E-state index contributed by atoms with van der Waals surface area (Å²) in [5, 5.41) is 12.2. The van der Waals surface area contributed by atoms with Gasteiger partial charge in [0.05, 0.1) is 11.6 Å². The van der Waals surface area contributed by atoms with Gasteiger partial charge in [0.2, 0.25) is 16.9 Å². The van der Waals surface area contributed by atoms with Gasteiger partial charge in [0.25, 0.3) is 0 Å². The lowest BCUT2D eigenvalue weighted by atomic mass is 10.1. The second kappa shape index (κ2) is 10.6. The number of nitrogens with one attached hydrogen (secondary N) is 2. The highest BCUT2D eigenvalue weighted by atomic mass is 32.2. The van der Waals surface area contributed by atoms with E-state index in [0.717, 1.165) is 17.5 Å². The van der Waals surface area contributed by atoms with E-state index < -0.39 is 34.8 Å². The summed E-state index contributed by atoms with van der Waals surface area (Å²) in [6.07, 6.45) is 3.45. The van der Waals surface area contributed by atoms with Gasteiger partial charge in [0.1, 0.15) is 12.6 Å².